The van der Waals surface area contributed by atoms with Crippen LogP contribution < -0.4 is 5.32 Å². The Morgan fingerprint density at radius 1 is 1.14 bits per heavy atom. The van der Waals surface area contributed by atoms with E-state index in [9.17, 15) is 13.2 Å². The summed E-state index contributed by atoms with van der Waals surface area (Å²) in [7, 11) is -3.57. The van der Waals surface area contributed by atoms with Crippen LogP contribution in [0.2, 0.25) is 0 Å². The summed E-state index contributed by atoms with van der Waals surface area (Å²) in [6.07, 6.45) is 1.39. The van der Waals surface area contributed by atoms with Crippen molar-refractivity contribution >= 4 is 15.9 Å². The highest BCUT2D eigenvalue weighted by atomic mass is 32.2. The SMILES string of the molecule is Cc1cccc(C(C)(C)CNC(=O)C2CCCN(S(=O)(=O)c3ccccc3)C2)c1. The van der Waals surface area contributed by atoms with Crippen molar-refractivity contribution in [2.45, 2.75) is 43.9 Å². The maximum absolute atomic E-state index is 12.9. The van der Waals surface area contributed by atoms with Crippen molar-refractivity contribution in [3.8, 4) is 0 Å². The van der Waals surface area contributed by atoms with Crippen molar-refractivity contribution in [2.24, 2.45) is 5.92 Å². The summed E-state index contributed by atoms with van der Waals surface area (Å²) < 4.78 is 27.2. The Morgan fingerprint density at radius 3 is 2.55 bits per heavy atom. The molecule has 1 aliphatic heterocycles. The third-order valence-corrected chi connectivity index (χ3v) is 7.52. The molecule has 0 saturated carbocycles. The molecule has 156 valence electrons. The minimum absolute atomic E-state index is 0.0707. The van der Waals surface area contributed by atoms with Gasteiger partial charge < -0.3 is 5.32 Å². The van der Waals surface area contributed by atoms with Gasteiger partial charge in [-0.05, 0) is 37.5 Å². The van der Waals surface area contributed by atoms with Gasteiger partial charge in [-0.2, -0.15) is 4.31 Å². The zero-order valence-corrected chi connectivity index (χ0v) is 18.2. The molecule has 2 aromatic carbocycles. The molecule has 0 bridgehead atoms. The Morgan fingerprint density at radius 2 is 1.86 bits per heavy atom. The molecule has 0 radical (unpaired) electrons. The third kappa shape index (κ3) is 5.06. The van der Waals surface area contributed by atoms with E-state index in [1.807, 2.05) is 6.07 Å². The van der Waals surface area contributed by atoms with E-state index in [-0.39, 0.29) is 28.7 Å². The van der Waals surface area contributed by atoms with Gasteiger partial charge in [-0.1, -0.05) is 61.9 Å². The molecule has 1 aliphatic rings. The molecular weight excluding hydrogens is 384 g/mol. The van der Waals surface area contributed by atoms with Crippen molar-refractivity contribution < 1.29 is 13.2 Å². The number of carbonyl (C=O) groups excluding carboxylic acids is 1. The fourth-order valence-corrected chi connectivity index (χ4v) is 5.28. The van der Waals surface area contributed by atoms with Gasteiger partial charge in [0.1, 0.15) is 0 Å². The Bertz CT molecular complexity index is 955. The number of sulfonamides is 1. The van der Waals surface area contributed by atoms with Gasteiger partial charge in [0.25, 0.3) is 0 Å². The Balaban J connectivity index is 1.64. The molecule has 0 spiro atoms. The first-order valence-electron chi connectivity index (χ1n) is 10.1. The standard InChI is InChI=1S/C23H30N2O3S/c1-18-9-7-11-20(15-18)23(2,3)17-24-22(26)19-10-8-14-25(16-19)29(27,28)21-12-5-4-6-13-21/h4-7,9,11-13,15,19H,8,10,14,16-17H2,1-3H3,(H,24,26). The summed E-state index contributed by atoms with van der Waals surface area (Å²) in [6, 6.07) is 16.7. The van der Waals surface area contributed by atoms with Gasteiger partial charge in [-0.3, -0.25) is 4.79 Å². The van der Waals surface area contributed by atoms with Crippen LogP contribution in [-0.2, 0) is 20.2 Å². The molecule has 3 rings (SSSR count). The lowest BCUT2D eigenvalue weighted by molar-refractivity contribution is -0.126. The summed E-state index contributed by atoms with van der Waals surface area (Å²) in [4.78, 5) is 13.1. The van der Waals surface area contributed by atoms with Gasteiger partial charge in [-0.25, -0.2) is 8.42 Å². The lowest BCUT2D eigenvalue weighted by Crippen LogP contribution is -2.47. The second kappa shape index (κ2) is 8.67. The first-order valence-corrected chi connectivity index (χ1v) is 11.5. The lowest BCUT2D eigenvalue weighted by Gasteiger charge is -2.32. The monoisotopic (exact) mass is 414 g/mol. The van der Waals surface area contributed by atoms with E-state index in [0.717, 1.165) is 0 Å². The molecule has 0 aliphatic carbocycles. The van der Waals surface area contributed by atoms with Crippen molar-refractivity contribution in [1.29, 1.82) is 0 Å². The number of carbonyl (C=O) groups is 1. The number of hydrogen-bond donors (Lipinski definition) is 1. The predicted octanol–water partition coefficient (Wildman–Crippen LogP) is 3.49. The largest absolute Gasteiger partial charge is 0.355 e. The van der Waals surface area contributed by atoms with Crippen molar-refractivity contribution in [2.75, 3.05) is 19.6 Å². The Labute approximate surface area is 174 Å². The molecule has 2 aromatic rings. The summed E-state index contributed by atoms with van der Waals surface area (Å²) >= 11 is 0. The van der Waals surface area contributed by atoms with Crippen molar-refractivity contribution in [3.05, 3.63) is 65.7 Å². The lowest BCUT2D eigenvalue weighted by atomic mass is 9.83. The minimum Gasteiger partial charge on any atom is -0.355 e. The molecule has 1 atom stereocenters. The first-order chi connectivity index (χ1) is 13.7. The van der Waals surface area contributed by atoms with E-state index < -0.39 is 10.0 Å². The highest BCUT2D eigenvalue weighted by Crippen LogP contribution is 2.26. The first kappa shape index (κ1) is 21.5. The van der Waals surface area contributed by atoms with Crippen LogP contribution in [0.1, 0.15) is 37.8 Å². The quantitative estimate of drug-likeness (QED) is 0.787. The zero-order chi connectivity index (χ0) is 21.1. The number of amides is 1. The highest BCUT2D eigenvalue weighted by Gasteiger charge is 2.33. The molecule has 1 saturated heterocycles. The van der Waals surface area contributed by atoms with Gasteiger partial charge in [0.05, 0.1) is 10.8 Å². The number of nitrogens with one attached hydrogen (secondary N) is 1. The summed E-state index contributed by atoms with van der Waals surface area (Å²) in [6.45, 7) is 7.47. The number of rotatable bonds is 6. The van der Waals surface area contributed by atoms with E-state index in [1.54, 1.807) is 30.3 Å². The van der Waals surface area contributed by atoms with Crippen LogP contribution >= 0.6 is 0 Å². The summed E-state index contributed by atoms with van der Waals surface area (Å²) in [5, 5.41) is 3.06. The number of piperidine rings is 1. The van der Waals surface area contributed by atoms with Crippen molar-refractivity contribution in [3.63, 3.8) is 0 Å². The van der Waals surface area contributed by atoms with Crippen LogP contribution in [0.15, 0.2) is 59.5 Å². The second-order valence-electron chi connectivity index (χ2n) is 8.49. The third-order valence-electron chi connectivity index (χ3n) is 5.64. The van der Waals surface area contributed by atoms with Gasteiger partial charge >= 0.3 is 0 Å². The van der Waals surface area contributed by atoms with Gasteiger partial charge in [-0.15, -0.1) is 0 Å². The molecular formula is C23H30N2O3S. The van der Waals surface area contributed by atoms with Crippen LogP contribution in [0.5, 0.6) is 0 Å². The highest BCUT2D eigenvalue weighted by molar-refractivity contribution is 7.89. The smallest absolute Gasteiger partial charge is 0.243 e. The van der Waals surface area contributed by atoms with Crippen LogP contribution in [0.25, 0.3) is 0 Å². The molecule has 6 heteroatoms. The summed E-state index contributed by atoms with van der Waals surface area (Å²) in [5.74, 6) is -0.394. The molecule has 1 N–H and O–H groups in total. The molecule has 5 nitrogen and oxygen atoms in total. The normalized spacial score (nSPS) is 18.4. The van der Waals surface area contributed by atoms with E-state index in [0.29, 0.717) is 25.9 Å². The summed E-state index contributed by atoms with van der Waals surface area (Å²) in [5.41, 5.74) is 2.16. The predicted molar refractivity (Wildman–Crippen MR) is 115 cm³/mol. The van der Waals surface area contributed by atoms with Gasteiger partial charge in [0.2, 0.25) is 15.9 Å². The number of aryl methyl sites for hydroxylation is 1. The average Bonchev–Trinajstić information content (AvgIpc) is 2.73. The average molecular weight is 415 g/mol. The maximum atomic E-state index is 12.9. The number of benzene rings is 2. The van der Waals surface area contributed by atoms with E-state index in [2.05, 4.69) is 44.3 Å². The maximum Gasteiger partial charge on any atom is 0.243 e. The van der Waals surface area contributed by atoms with Crippen LogP contribution in [0.4, 0.5) is 0 Å². The van der Waals surface area contributed by atoms with E-state index >= 15 is 0 Å². The topological polar surface area (TPSA) is 66.5 Å². The fraction of sp³-hybridized carbons (Fsp3) is 0.435. The molecule has 29 heavy (non-hydrogen) atoms. The Kier molecular flexibility index (Phi) is 6.44. The van der Waals surface area contributed by atoms with Crippen LogP contribution in [0, 0.1) is 12.8 Å². The van der Waals surface area contributed by atoms with E-state index in [1.165, 1.54) is 15.4 Å². The molecule has 1 unspecified atom stereocenters. The number of hydrogen-bond acceptors (Lipinski definition) is 3. The van der Waals surface area contributed by atoms with Gasteiger partial charge in [0, 0.05) is 25.0 Å². The number of nitrogens with zero attached hydrogens (tertiary/aromatic N) is 1. The molecule has 1 heterocycles. The molecule has 1 amide bonds. The second-order valence-corrected chi connectivity index (χ2v) is 10.4. The van der Waals surface area contributed by atoms with E-state index in [4.69, 9.17) is 0 Å². The van der Waals surface area contributed by atoms with Crippen molar-refractivity contribution in [1.82, 2.24) is 9.62 Å². The Hall–Kier alpha value is -2.18. The van der Waals surface area contributed by atoms with Crippen LogP contribution in [0.3, 0.4) is 0 Å². The van der Waals surface area contributed by atoms with Crippen LogP contribution in [-0.4, -0.2) is 38.3 Å². The fourth-order valence-electron chi connectivity index (χ4n) is 3.74. The zero-order valence-electron chi connectivity index (χ0n) is 17.4. The molecule has 1 fully saturated rings. The van der Waals surface area contributed by atoms with Gasteiger partial charge in [0.15, 0.2) is 0 Å². The minimum atomic E-state index is -3.57. The molecule has 0 aromatic heterocycles.